The maximum Gasteiger partial charge on any atom is 0.192 e. The summed E-state index contributed by atoms with van der Waals surface area (Å²) in [4.78, 5) is 27.4. The molecule has 0 N–H and O–H groups in total. The summed E-state index contributed by atoms with van der Waals surface area (Å²) in [7, 11) is -2.02. The molecule has 0 aliphatic heterocycles. The maximum atomic E-state index is 13.7. The first-order valence-corrected chi connectivity index (χ1v) is 14.0. The Kier molecular flexibility index (Phi) is 2.52. The molecule has 144 valence electrons. The van der Waals surface area contributed by atoms with Crippen LogP contribution in [0.15, 0.2) is 12.2 Å². The van der Waals surface area contributed by atoms with Crippen molar-refractivity contribution < 1.29 is 14.0 Å². The molecule has 6 saturated carbocycles. The van der Waals surface area contributed by atoms with Crippen LogP contribution in [0, 0.1) is 71.0 Å². The van der Waals surface area contributed by atoms with Crippen LogP contribution in [-0.4, -0.2) is 26.0 Å². The molecule has 13 atom stereocenters. The normalized spacial score (nSPS) is 60.6. The molecule has 0 saturated heterocycles. The molecule has 3 unspecified atom stereocenters. The molecule has 0 bridgehead atoms. The van der Waals surface area contributed by atoms with E-state index in [1.54, 1.807) is 0 Å². The van der Waals surface area contributed by atoms with Crippen LogP contribution in [0.4, 0.5) is 0 Å². The maximum absolute atomic E-state index is 13.7. The van der Waals surface area contributed by atoms with Gasteiger partial charge in [0.15, 0.2) is 8.32 Å². The third-order valence-electron chi connectivity index (χ3n) is 10.9. The number of allylic oxidation sites excluding steroid dienone is 2. The fourth-order valence-electron chi connectivity index (χ4n) is 9.46. The fourth-order valence-corrected chi connectivity index (χ4v) is 10.8. The highest BCUT2D eigenvalue weighted by Gasteiger charge is 2.85. The zero-order valence-corrected chi connectivity index (χ0v) is 17.9. The molecule has 0 spiro atoms. The molecule has 0 heterocycles. The Morgan fingerprint density at radius 1 is 0.741 bits per heavy atom. The molecule has 7 aliphatic rings. The highest BCUT2D eigenvalue weighted by Crippen LogP contribution is 2.82. The van der Waals surface area contributed by atoms with Crippen molar-refractivity contribution in [2.75, 3.05) is 0 Å². The summed E-state index contributed by atoms with van der Waals surface area (Å²) in [5.74, 6) is 5.76. The van der Waals surface area contributed by atoms with Crippen molar-refractivity contribution in [3.8, 4) is 0 Å². The van der Waals surface area contributed by atoms with Gasteiger partial charge in [0.1, 0.15) is 11.6 Å². The van der Waals surface area contributed by atoms with Crippen LogP contribution >= 0.6 is 0 Å². The summed E-state index contributed by atoms with van der Waals surface area (Å²) in [5.41, 5.74) is 0. The molecular formula is C23H30O3Si. The molecule has 6 fully saturated rings. The average Bonchev–Trinajstić information content (AvgIpc) is 3.29. The van der Waals surface area contributed by atoms with Crippen molar-refractivity contribution >= 4 is 19.9 Å². The highest BCUT2D eigenvalue weighted by atomic mass is 28.4. The van der Waals surface area contributed by atoms with E-state index < -0.39 is 8.32 Å². The smallest absolute Gasteiger partial charge is 0.192 e. The minimum absolute atomic E-state index is 0.0213. The number of carbonyl (C=O) groups is 2. The Bertz CT molecular complexity index is 785. The minimum Gasteiger partial charge on any atom is -0.412 e. The molecule has 0 amide bonds. The SMILES string of the molecule is CC(C)(C)[Si](C)(C)OC1[C@@H]2C(=O)[C@H]3[C@H]4C5C6[C@H]3C=C[C@@H]6[C@@H]3C(=O)[C@@H]1[C@@H]([C@@H]53)[C@H]42. The van der Waals surface area contributed by atoms with E-state index in [1.165, 1.54) is 0 Å². The van der Waals surface area contributed by atoms with Crippen molar-refractivity contribution in [2.24, 2.45) is 71.0 Å². The molecule has 4 heteroatoms. The van der Waals surface area contributed by atoms with Gasteiger partial charge in [-0.3, -0.25) is 9.59 Å². The van der Waals surface area contributed by atoms with Gasteiger partial charge < -0.3 is 4.43 Å². The largest absolute Gasteiger partial charge is 0.412 e. The zero-order valence-electron chi connectivity index (χ0n) is 16.9. The van der Waals surface area contributed by atoms with Gasteiger partial charge in [-0.1, -0.05) is 32.9 Å². The standard InChI is InChI=1S/C23H30O3Si/c1-23(2,3)27(4,5)26-22-18-16-14-11(20(18)24)8-6-7-9-10(8)13(14)15-12(9)21(25)19(22)17(15)16/h6-19,22H,1-5H3/t8-,9+,10?,11-,12+,13?,14+,15-,16-,17-,18-,19-,22?/m0/s1. The van der Waals surface area contributed by atoms with E-state index in [1.807, 2.05) is 0 Å². The number of hydrogen-bond donors (Lipinski definition) is 0. The Hall–Kier alpha value is -0.743. The zero-order chi connectivity index (χ0) is 18.8. The second-order valence-electron chi connectivity index (χ2n) is 12.3. The summed E-state index contributed by atoms with van der Waals surface area (Å²) in [6.07, 6.45) is 4.57. The lowest BCUT2D eigenvalue weighted by atomic mass is 9.78. The second-order valence-corrected chi connectivity index (χ2v) is 17.0. The van der Waals surface area contributed by atoms with E-state index in [4.69, 9.17) is 4.43 Å². The van der Waals surface area contributed by atoms with Crippen molar-refractivity contribution in [1.82, 2.24) is 0 Å². The van der Waals surface area contributed by atoms with Crippen molar-refractivity contribution in [3.05, 3.63) is 12.2 Å². The van der Waals surface area contributed by atoms with Crippen LogP contribution in [-0.2, 0) is 14.0 Å². The lowest BCUT2D eigenvalue weighted by Gasteiger charge is -2.41. The first kappa shape index (κ1) is 16.1. The number of hydrogen-bond acceptors (Lipinski definition) is 3. The Balaban J connectivity index is 1.39. The summed E-state index contributed by atoms with van der Waals surface area (Å²) < 4.78 is 6.94. The Morgan fingerprint density at radius 2 is 1.19 bits per heavy atom. The summed E-state index contributed by atoms with van der Waals surface area (Å²) >= 11 is 0. The number of Topliss-reactive ketones (excluding diaryl/α,β-unsaturated/α-hetero) is 2. The first-order valence-electron chi connectivity index (χ1n) is 11.1. The molecule has 7 rings (SSSR count). The van der Waals surface area contributed by atoms with Gasteiger partial charge in [-0.2, -0.15) is 0 Å². The summed E-state index contributed by atoms with van der Waals surface area (Å²) in [6, 6.07) is 0. The third-order valence-corrected chi connectivity index (χ3v) is 15.3. The van der Waals surface area contributed by atoms with Crippen LogP contribution in [0.3, 0.4) is 0 Å². The van der Waals surface area contributed by atoms with Gasteiger partial charge >= 0.3 is 0 Å². The Labute approximate surface area is 162 Å². The molecule has 0 radical (unpaired) electrons. The van der Waals surface area contributed by atoms with Crippen LogP contribution in [0.25, 0.3) is 0 Å². The number of carbonyl (C=O) groups excluding carboxylic acids is 2. The molecule has 0 aromatic rings. The topological polar surface area (TPSA) is 43.4 Å². The number of fused-ring (bicyclic) bond motifs is 2. The van der Waals surface area contributed by atoms with Crippen LogP contribution in [0.1, 0.15) is 20.8 Å². The molecule has 0 aromatic carbocycles. The highest BCUT2D eigenvalue weighted by molar-refractivity contribution is 6.74. The van der Waals surface area contributed by atoms with E-state index in [0.717, 1.165) is 0 Å². The molecule has 7 aliphatic carbocycles. The van der Waals surface area contributed by atoms with Gasteiger partial charge in [0.05, 0.1) is 6.10 Å². The quantitative estimate of drug-likeness (QED) is 0.542. The van der Waals surface area contributed by atoms with Crippen molar-refractivity contribution in [2.45, 2.75) is 45.0 Å². The van der Waals surface area contributed by atoms with Gasteiger partial charge in [-0.15, -0.1) is 0 Å². The molecular weight excluding hydrogens is 352 g/mol. The van der Waals surface area contributed by atoms with E-state index in [9.17, 15) is 9.59 Å². The second kappa shape index (κ2) is 4.23. The summed E-state index contributed by atoms with van der Waals surface area (Å²) in [5, 5.41) is 0.105. The van der Waals surface area contributed by atoms with Gasteiger partial charge in [0, 0.05) is 23.7 Å². The average molecular weight is 383 g/mol. The third kappa shape index (κ3) is 1.42. The van der Waals surface area contributed by atoms with E-state index in [2.05, 4.69) is 46.0 Å². The fraction of sp³-hybridized carbons (Fsp3) is 0.826. The van der Waals surface area contributed by atoms with E-state index in [0.29, 0.717) is 58.9 Å². The van der Waals surface area contributed by atoms with Crippen molar-refractivity contribution in [1.29, 1.82) is 0 Å². The van der Waals surface area contributed by atoms with Crippen LogP contribution in [0.2, 0.25) is 18.1 Å². The molecule has 27 heavy (non-hydrogen) atoms. The number of rotatable bonds is 2. The van der Waals surface area contributed by atoms with Gasteiger partial charge in [-0.25, -0.2) is 0 Å². The van der Waals surface area contributed by atoms with E-state index in [-0.39, 0.29) is 34.8 Å². The molecule has 3 nitrogen and oxygen atoms in total. The summed E-state index contributed by atoms with van der Waals surface area (Å²) in [6.45, 7) is 11.3. The monoisotopic (exact) mass is 382 g/mol. The predicted molar refractivity (Wildman–Crippen MR) is 103 cm³/mol. The lowest BCUT2D eigenvalue weighted by molar-refractivity contribution is -0.132. The predicted octanol–water partition coefficient (Wildman–Crippen LogP) is 3.56. The molecule has 0 aromatic heterocycles. The Morgan fingerprint density at radius 3 is 1.63 bits per heavy atom. The lowest BCUT2D eigenvalue weighted by Crippen LogP contribution is -2.49. The van der Waals surface area contributed by atoms with Crippen LogP contribution < -0.4 is 0 Å². The minimum atomic E-state index is -2.02. The first-order chi connectivity index (χ1) is 12.6. The number of ketones is 2. The van der Waals surface area contributed by atoms with E-state index >= 15 is 0 Å². The van der Waals surface area contributed by atoms with Crippen molar-refractivity contribution in [3.63, 3.8) is 0 Å². The van der Waals surface area contributed by atoms with Gasteiger partial charge in [0.2, 0.25) is 0 Å². The van der Waals surface area contributed by atoms with Gasteiger partial charge in [0.25, 0.3) is 0 Å². The van der Waals surface area contributed by atoms with Gasteiger partial charge in [-0.05, 0) is 65.5 Å². The van der Waals surface area contributed by atoms with Crippen LogP contribution in [0.5, 0.6) is 0 Å².